The molecule has 2 atom stereocenters. The third-order valence-electron chi connectivity index (χ3n) is 4.40. The molecule has 0 bridgehead atoms. The van der Waals surface area contributed by atoms with Gasteiger partial charge in [-0.2, -0.15) is 0 Å². The van der Waals surface area contributed by atoms with Crippen LogP contribution < -0.4 is 14.8 Å². The third-order valence-corrected chi connectivity index (χ3v) is 5.40. The van der Waals surface area contributed by atoms with E-state index in [2.05, 4.69) is 12.2 Å². The first kappa shape index (κ1) is 15.5. The van der Waals surface area contributed by atoms with Crippen LogP contribution in [0.15, 0.2) is 18.2 Å². The molecule has 0 saturated heterocycles. The third kappa shape index (κ3) is 3.88. The lowest BCUT2D eigenvalue weighted by Gasteiger charge is -2.29. The summed E-state index contributed by atoms with van der Waals surface area (Å²) in [6.45, 7) is 2.54. The van der Waals surface area contributed by atoms with E-state index in [-0.39, 0.29) is 5.91 Å². The van der Waals surface area contributed by atoms with E-state index in [0.29, 0.717) is 24.5 Å². The van der Waals surface area contributed by atoms with E-state index in [0.717, 1.165) is 29.2 Å². The first-order valence-electron chi connectivity index (χ1n) is 7.98. The Bertz CT molecular complexity index is 535. The van der Waals surface area contributed by atoms with Crippen molar-refractivity contribution in [3.05, 3.63) is 23.8 Å². The molecule has 22 heavy (non-hydrogen) atoms. The highest BCUT2D eigenvalue weighted by molar-refractivity contribution is 7.99. The molecule has 1 aromatic rings. The molecule has 1 fully saturated rings. The molecule has 1 saturated carbocycles. The summed E-state index contributed by atoms with van der Waals surface area (Å²) in [4.78, 5) is 12.1. The molecule has 1 aliphatic carbocycles. The molecule has 1 aliphatic heterocycles. The van der Waals surface area contributed by atoms with E-state index in [1.54, 1.807) is 11.8 Å². The first-order valence-corrected chi connectivity index (χ1v) is 9.13. The Morgan fingerprint density at radius 2 is 2.09 bits per heavy atom. The number of thioether (sulfide) groups is 1. The van der Waals surface area contributed by atoms with Crippen molar-refractivity contribution in [1.29, 1.82) is 0 Å². The maximum absolute atomic E-state index is 12.1. The highest BCUT2D eigenvalue weighted by Crippen LogP contribution is 2.33. The quantitative estimate of drug-likeness (QED) is 0.903. The van der Waals surface area contributed by atoms with Crippen molar-refractivity contribution in [2.75, 3.05) is 12.5 Å². The van der Waals surface area contributed by atoms with E-state index in [1.165, 1.54) is 19.3 Å². The maximum Gasteiger partial charge on any atom is 0.231 e. The van der Waals surface area contributed by atoms with Gasteiger partial charge >= 0.3 is 0 Å². The van der Waals surface area contributed by atoms with Crippen molar-refractivity contribution in [2.24, 2.45) is 5.92 Å². The number of fused-ring (bicyclic) bond motifs is 1. The Labute approximate surface area is 135 Å². The van der Waals surface area contributed by atoms with Crippen molar-refractivity contribution >= 4 is 17.7 Å². The van der Waals surface area contributed by atoms with Crippen molar-refractivity contribution < 1.29 is 14.3 Å². The zero-order chi connectivity index (χ0) is 15.4. The number of ether oxygens (including phenoxy) is 2. The average molecular weight is 321 g/mol. The van der Waals surface area contributed by atoms with Gasteiger partial charge in [0.05, 0.1) is 5.75 Å². The Balaban J connectivity index is 1.41. The first-order chi connectivity index (χ1) is 10.7. The smallest absolute Gasteiger partial charge is 0.231 e. The van der Waals surface area contributed by atoms with Gasteiger partial charge in [-0.15, -0.1) is 11.8 Å². The van der Waals surface area contributed by atoms with Gasteiger partial charge in [0.25, 0.3) is 0 Å². The lowest BCUT2D eigenvalue weighted by molar-refractivity contribution is -0.119. The largest absolute Gasteiger partial charge is 0.454 e. The minimum absolute atomic E-state index is 0.157. The summed E-state index contributed by atoms with van der Waals surface area (Å²) in [6, 6.07) is 6.33. The molecule has 5 heteroatoms. The number of benzene rings is 1. The maximum atomic E-state index is 12.1. The molecule has 2 unspecified atom stereocenters. The van der Waals surface area contributed by atoms with Crippen molar-refractivity contribution in [3.63, 3.8) is 0 Å². The highest BCUT2D eigenvalue weighted by atomic mass is 32.2. The standard InChI is InChI=1S/C17H23NO3S/c1-12-4-2-3-5-14(12)18-17(19)10-22-9-13-6-7-15-16(8-13)21-11-20-15/h6-8,12,14H,2-5,9-11H2,1H3,(H,18,19). The number of rotatable bonds is 5. The van der Waals surface area contributed by atoms with Crippen LogP contribution in [0.25, 0.3) is 0 Å². The predicted molar refractivity (Wildman–Crippen MR) is 88.3 cm³/mol. The van der Waals surface area contributed by atoms with Crippen molar-refractivity contribution in [1.82, 2.24) is 5.32 Å². The van der Waals surface area contributed by atoms with Crippen molar-refractivity contribution in [2.45, 2.75) is 44.4 Å². The van der Waals surface area contributed by atoms with Gasteiger partial charge in [0, 0.05) is 11.8 Å². The number of carbonyl (C=O) groups excluding carboxylic acids is 1. The zero-order valence-electron chi connectivity index (χ0n) is 13.0. The Hall–Kier alpha value is -1.36. The molecule has 0 radical (unpaired) electrons. The van der Waals surface area contributed by atoms with Crippen LogP contribution in [0, 0.1) is 5.92 Å². The minimum atomic E-state index is 0.157. The van der Waals surface area contributed by atoms with Gasteiger partial charge in [-0.1, -0.05) is 25.8 Å². The molecular formula is C17H23NO3S. The van der Waals surface area contributed by atoms with E-state index in [9.17, 15) is 4.79 Å². The predicted octanol–water partition coefficient (Wildman–Crippen LogP) is 3.34. The molecule has 1 N–H and O–H groups in total. The fraction of sp³-hybridized carbons (Fsp3) is 0.588. The monoisotopic (exact) mass is 321 g/mol. The normalized spacial score (nSPS) is 23.3. The summed E-state index contributed by atoms with van der Waals surface area (Å²) < 4.78 is 10.7. The summed E-state index contributed by atoms with van der Waals surface area (Å²) in [5, 5.41) is 3.19. The van der Waals surface area contributed by atoms with Crippen LogP contribution in [-0.2, 0) is 10.5 Å². The molecule has 0 spiro atoms. The van der Waals surface area contributed by atoms with Crippen LogP contribution in [-0.4, -0.2) is 24.5 Å². The number of nitrogens with one attached hydrogen (secondary N) is 1. The number of carbonyl (C=O) groups is 1. The van der Waals surface area contributed by atoms with Gasteiger partial charge in [0.1, 0.15) is 0 Å². The number of amides is 1. The Morgan fingerprint density at radius 3 is 2.95 bits per heavy atom. The van der Waals surface area contributed by atoms with Gasteiger partial charge in [-0.25, -0.2) is 0 Å². The fourth-order valence-electron chi connectivity index (χ4n) is 3.07. The van der Waals surface area contributed by atoms with Gasteiger partial charge < -0.3 is 14.8 Å². The lowest BCUT2D eigenvalue weighted by Crippen LogP contribution is -2.41. The molecule has 1 heterocycles. The fourth-order valence-corrected chi connectivity index (χ4v) is 3.86. The van der Waals surface area contributed by atoms with Gasteiger partial charge in [-0.05, 0) is 36.5 Å². The second kappa shape index (κ2) is 7.27. The molecule has 120 valence electrons. The van der Waals surface area contributed by atoms with Crippen LogP contribution >= 0.6 is 11.8 Å². The topological polar surface area (TPSA) is 47.6 Å². The molecule has 1 amide bonds. The number of hydrogen-bond acceptors (Lipinski definition) is 4. The molecule has 1 aromatic carbocycles. The summed E-state index contributed by atoms with van der Waals surface area (Å²) in [5.41, 5.74) is 1.16. The van der Waals surface area contributed by atoms with Gasteiger partial charge in [-0.3, -0.25) is 4.79 Å². The molecular weight excluding hydrogens is 298 g/mol. The molecule has 3 rings (SSSR count). The minimum Gasteiger partial charge on any atom is -0.454 e. The van der Waals surface area contributed by atoms with Crippen LogP contribution in [0.4, 0.5) is 0 Å². The molecule has 2 aliphatic rings. The Morgan fingerprint density at radius 1 is 1.27 bits per heavy atom. The number of hydrogen-bond donors (Lipinski definition) is 1. The van der Waals surface area contributed by atoms with Gasteiger partial charge in [0.15, 0.2) is 11.5 Å². The molecule has 0 aromatic heterocycles. The summed E-state index contributed by atoms with van der Waals surface area (Å²) >= 11 is 1.64. The van der Waals surface area contributed by atoms with E-state index in [1.807, 2.05) is 18.2 Å². The second-order valence-corrected chi connectivity index (χ2v) is 7.10. The summed E-state index contributed by atoms with van der Waals surface area (Å²) in [7, 11) is 0. The highest BCUT2D eigenvalue weighted by Gasteiger charge is 2.22. The second-order valence-electron chi connectivity index (χ2n) is 6.12. The molecule has 4 nitrogen and oxygen atoms in total. The van der Waals surface area contributed by atoms with Crippen LogP contribution in [0.2, 0.25) is 0 Å². The summed E-state index contributed by atoms with van der Waals surface area (Å²) in [5.74, 6) is 3.69. The van der Waals surface area contributed by atoms with Crippen LogP contribution in [0.1, 0.15) is 38.2 Å². The average Bonchev–Trinajstić information content (AvgIpc) is 2.97. The van der Waals surface area contributed by atoms with Gasteiger partial charge in [0.2, 0.25) is 12.7 Å². The SMILES string of the molecule is CC1CCCCC1NC(=O)CSCc1ccc2c(c1)OCO2. The van der Waals surface area contributed by atoms with E-state index in [4.69, 9.17) is 9.47 Å². The van der Waals surface area contributed by atoms with E-state index < -0.39 is 0 Å². The lowest BCUT2D eigenvalue weighted by atomic mass is 9.86. The summed E-state index contributed by atoms with van der Waals surface area (Å²) in [6.07, 6.45) is 4.89. The Kier molecular flexibility index (Phi) is 5.13. The zero-order valence-corrected chi connectivity index (χ0v) is 13.8. The van der Waals surface area contributed by atoms with Crippen LogP contribution in [0.5, 0.6) is 11.5 Å². The van der Waals surface area contributed by atoms with Crippen molar-refractivity contribution in [3.8, 4) is 11.5 Å². The van der Waals surface area contributed by atoms with Crippen LogP contribution in [0.3, 0.4) is 0 Å². The van der Waals surface area contributed by atoms with E-state index >= 15 is 0 Å².